The third-order valence-corrected chi connectivity index (χ3v) is 5.00. The Hall–Kier alpha value is -3.72. The van der Waals surface area contributed by atoms with Gasteiger partial charge in [-0.25, -0.2) is 5.48 Å². The van der Waals surface area contributed by atoms with E-state index in [9.17, 15) is 19.2 Å². The van der Waals surface area contributed by atoms with Crippen molar-refractivity contribution in [1.29, 1.82) is 0 Å². The molecule has 0 saturated carbocycles. The van der Waals surface area contributed by atoms with E-state index in [4.69, 9.17) is 4.74 Å². The van der Waals surface area contributed by atoms with Gasteiger partial charge in [-0.2, -0.15) is 0 Å². The predicted octanol–water partition coefficient (Wildman–Crippen LogP) is 1.81. The largest absolute Gasteiger partial charge is 0.497 e. The second-order valence-electron chi connectivity index (χ2n) is 8.14. The van der Waals surface area contributed by atoms with Crippen LogP contribution in [-0.2, 0) is 25.6 Å². The van der Waals surface area contributed by atoms with Gasteiger partial charge in [0.25, 0.3) is 5.91 Å². The van der Waals surface area contributed by atoms with Crippen LogP contribution in [0.25, 0.3) is 0 Å². The van der Waals surface area contributed by atoms with Crippen LogP contribution in [-0.4, -0.2) is 49.8 Å². The molecule has 9 heteroatoms. The van der Waals surface area contributed by atoms with E-state index in [1.54, 1.807) is 48.5 Å². The third kappa shape index (κ3) is 8.00. The molecule has 0 aromatic heterocycles. The lowest BCUT2D eigenvalue weighted by molar-refractivity contribution is -0.146. The number of Topliss-reactive ketones (excluding diaryl/α,β-unsaturated/α-hetero) is 1. The molecule has 34 heavy (non-hydrogen) atoms. The Balaban J connectivity index is 2.23. The van der Waals surface area contributed by atoms with E-state index in [2.05, 4.69) is 15.5 Å². The van der Waals surface area contributed by atoms with E-state index >= 15 is 0 Å². The highest BCUT2D eigenvalue weighted by molar-refractivity contribution is 6.38. The van der Waals surface area contributed by atoms with Gasteiger partial charge in [0.2, 0.25) is 11.7 Å². The Morgan fingerprint density at radius 2 is 1.59 bits per heavy atom. The molecule has 3 N–H and O–H groups in total. The van der Waals surface area contributed by atoms with Gasteiger partial charge < -0.3 is 15.4 Å². The van der Waals surface area contributed by atoms with Crippen molar-refractivity contribution in [3.63, 3.8) is 0 Å². The van der Waals surface area contributed by atoms with E-state index in [1.807, 2.05) is 25.4 Å². The molecule has 2 aromatic carbocycles. The van der Waals surface area contributed by atoms with Crippen LogP contribution in [0.2, 0.25) is 0 Å². The quantitative estimate of drug-likeness (QED) is 0.322. The van der Waals surface area contributed by atoms with Crippen LogP contribution >= 0.6 is 0 Å². The van der Waals surface area contributed by atoms with Gasteiger partial charge in [-0.1, -0.05) is 50.2 Å². The van der Waals surface area contributed by atoms with Crippen molar-refractivity contribution >= 4 is 23.5 Å². The summed E-state index contributed by atoms with van der Waals surface area (Å²) in [6, 6.07) is 13.5. The number of ketones is 1. The average molecular weight is 470 g/mol. The molecule has 2 atom stereocenters. The second kappa shape index (κ2) is 13.1. The zero-order chi connectivity index (χ0) is 25.1. The van der Waals surface area contributed by atoms with E-state index in [1.165, 1.54) is 14.2 Å². The van der Waals surface area contributed by atoms with Crippen molar-refractivity contribution in [2.24, 2.45) is 5.92 Å². The van der Waals surface area contributed by atoms with Gasteiger partial charge in [0.1, 0.15) is 17.8 Å². The first kappa shape index (κ1) is 26.5. The van der Waals surface area contributed by atoms with E-state index in [-0.39, 0.29) is 12.3 Å². The summed E-state index contributed by atoms with van der Waals surface area (Å²) >= 11 is 0. The number of methoxy groups -OCH3 is 1. The number of carbonyl (C=O) groups excluding carboxylic acids is 4. The average Bonchev–Trinajstić information content (AvgIpc) is 2.83. The Kier molecular flexibility index (Phi) is 10.2. The molecule has 0 saturated heterocycles. The number of benzene rings is 2. The topological polar surface area (TPSA) is 123 Å². The fourth-order valence-electron chi connectivity index (χ4n) is 3.34. The minimum Gasteiger partial charge on any atom is -0.497 e. The summed E-state index contributed by atoms with van der Waals surface area (Å²) in [5, 5.41) is 5.38. The van der Waals surface area contributed by atoms with Gasteiger partial charge in [-0.15, -0.1) is 0 Å². The summed E-state index contributed by atoms with van der Waals surface area (Å²) in [6.45, 7) is 3.83. The summed E-state index contributed by atoms with van der Waals surface area (Å²) < 4.78 is 5.15. The lowest BCUT2D eigenvalue weighted by Gasteiger charge is -2.24. The zero-order valence-corrected chi connectivity index (χ0v) is 19.8. The zero-order valence-electron chi connectivity index (χ0n) is 19.8. The van der Waals surface area contributed by atoms with Crippen LogP contribution < -0.4 is 20.9 Å². The van der Waals surface area contributed by atoms with Gasteiger partial charge in [-0.3, -0.25) is 24.0 Å². The summed E-state index contributed by atoms with van der Waals surface area (Å²) in [6.07, 6.45) is 0.429. The van der Waals surface area contributed by atoms with Gasteiger partial charge in [0, 0.05) is 12.0 Å². The maximum atomic E-state index is 13.2. The molecular formula is C25H31N3O6. The van der Waals surface area contributed by atoms with Gasteiger partial charge in [0.05, 0.1) is 14.2 Å². The van der Waals surface area contributed by atoms with Crippen molar-refractivity contribution in [3.8, 4) is 5.75 Å². The number of ether oxygens (including phenoxy) is 1. The number of hydrogen-bond donors (Lipinski definition) is 3. The highest BCUT2D eigenvalue weighted by atomic mass is 16.6. The molecule has 182 valence electrons. The van der Waals surface area contributed by atoms with E-state index in [0.29, 0.717) is 17.7 Å². The first-order valence-electron chi connectivity index (χ1n) is 10.9. The fraction of sp³-hybridized carbons (Fsp3) is 0.360. The van der Waals surface area contributed by atoms with Gasteiger partial charge >= 0.3 is 5.91 Å². The normalized spacial score (nSPS) is 12.4. The van der Waals surface area contributed by atoms with E-state index in [0.717, 1.165) is 5.56 Å². The standard InChI is InChI=1S/C25H31N3O6/c1-16(2)13-21(27-23(30)18-11-8-12-19(15-18)33-3)24(31)26-20(22(29)25(32)28-34-4)14-17-9-6-5-7-10-17/h5-12,15-16,20-21H,13-14H2,1-4H3,(H,26,31)(H,27,30)(H,28,32)/t20?,21-/m0/s1. The fourth-order valence-corrected chi connectivity index (χ4v) is 3.34. The van der Waals surface area contributed by atoms with E-state index < -0.39 is 35.6 Å². The molecule has 0 aliphatic heterocycles. The molecule has 0 fully saturated rings. The molecule has 1 unspecified atom stereocenters. The molecule has 0 radical (unpaired) electrons. The Morgan fingerprint density at radius 3 is 2.21 bits per heavy atom. The first-order valence-corrected chi connectivity index (χ1v) is 10.9. The Morgan fingerprint density at radius 1 is 0.882 bits per heavy atom. The minimum absolute atomic E-state index is 0.0708. The van der Waals surface area contributed by atoms with Crippen LogP contribution in [0, 0.1) is 5.92 Å². The summed E-state index contributed by atoms with van der Waals surface area (Å²) in [5.74, 6) is -2.28. The Bertz CT molecular complexity index is 993. The van der Waals surface area contributed by atoms with Crippen LogP contribution in [0.15, 0.2) is 54.6 Å². The molecule has 2 rings (SSSR count). The van der Waals surface area contributed by atoms with Gasteiger partial charge in [-0.05, 0) is 36.1 Å². The van der Waals surface area contributed by atoms with Crippen molar-refractivity contribution < 1.29 is 28.8 Å². The highest BCUT2D eigenvalue weighted by Gasteiger charge is 2.31. The number of carbonyl (C=O) groups is 4. The van der Waals surface area contributed by atoms with Crippen molar-refractivity contribution in [1.82, 2.24) is 16.1 Å². The lowest BCUT2D eigenvalue weighted by atomic mass is 9.99. The summed E-state index contributed by atoms with van der Waals surface area (Å²) in [5.41, 5.74) is 3.08. The predicted molar refractivity (Wildman–Crippen MR) is 126 cm³/mol. The SMILES string of the molecule is CONC(=O)C(=O)C(Cc1ccccc1)NC(=O)[C@H](CC(C)C)NC(=O)c1cccc(OC)c1. The number of hydroxylamine groups is 1. The monoisotopic (exact) mass is 469 g/mol. The van der Waals surface area contributed by atoms with Crippen LogP contribution in [0.4, 0.5) is 0 Å². The summed E-state index contributed by atoms with van der Waals surface area (Å²) in [4.78, 5) is 55.4. The smallest absolute Gasteiger partial charge is 0.313 e. The van der Waals surface area contributed by atoms with Crippen molar-refractivity contribution in [2.75, 3.05) is 14.2 Å². The molecule has 0 aliphatic carbocycles. The van der Waals surface area contributed by atoms with Crippen LogP contribution in [0.1, 0.15) is 36.2 Å². The van der Waals surface area contributed by atoms with Crippen molar-refractivity contribution in [3.05, 3.63) is 65.7 Å². The number of amides is 3. The maximum Gasteiger partial charge on any atom is 0.313 e. The first-order chi connectivity index (χ1) is 16.2. The third-order valence-electron chi connectivity index (χ3n) is 5.00. The molecule has 0 aliphatic rings. The van der Waals surface area contributed by atoms with Gasteiger partial charge in [0.15, 0.2) is 0 Å². The molecular weight excluding hydrogens is 438 g/mol. The molecule has 0 bridgehead atoms. The maximum absolute atomic E-state index is 13.2. The molecule has 3 amide bonds. The number of hydrogen-bond acceptors (Lipinski definition) is 6. The Labute approximate surface area is 199 Å². The number of rotatable bonds is 12. The molecule has 2 aromatic rings. The van der Waals surface area contributed by atoms with Crippen molar-refractivity contribution in [2.45, 2.75) is 38.8 Å². The molecule has 0 heterocycles. The second-order valence-corrected chi connectivity index (χ2v) is 8.14. The number of nitrogens with one attached hydrogen (secondary N) is 3. The lowest BCUT2D eigenvalue weighted by Crippen LogP contribution is -2.54. The molecule has 9 nitrogen and oxygen atoms in total. The minimum atomic E-state index is -1.14. The van der Waals surface area contributed by atoms with Crippen LogP contribution in [0.3, 0.4) is 0 Å². The molecule has 0 spiro atoms. The van der Waals surface area contributed by atoms with Crippen LogP contribution in [0.5, 0.6) is 5.75 Å². The summed E-state index contributed by atoms with van der Waals surface area (Å²) in [7, 11) is 2.71. The highest BCUT2D eigenvalue weighted by Crippen LogP contribution is 2.14.